The van der Waals surface area contributed by atoms with Gasteiger partial charge in [-0.1, -0.05) is 6.92 Å². The van der Waals surface area contributed by atoms with Crippen LogP contribution in [0, 0.1) is 5.92 Å². The molecule has 112 valence electrons. The van der Waals surface area contributed by atoms with E-state index in [2.05, 4.69) is 48.5 Å². The van der Waals surface area contributed by atoms with E-state index in [1.54, 1.807) is 0 Å². The van der Waals surface area contributed by atoms with Crippen LogP contribution in [0.15, 0.2) is 24.5 Å². The highest BCUT2D eigenvalue weighted by molar-refractivity contribution is 5.15. The monoisotopic (exact) mass is 276 g/mol. The maximum absolute atomic E-state index is 5.92. The van der Waals surface area contributed by atoms with Crippen LogP contribution in [-0.4, -0.2) is 35.6 Å². The minimum absolute atomic E-state index is 0.157. The van der Waals surface area contributed by atoms with Gasteiger partial charge in [-0.3, -0.25) is 16.3 Å². The molecule has 1 unspecified atom stereocenters. The van der Waals surface area contributed by atoms with Gasteiger partial charge in [-0.2, -0.15) is 0 Å². The first-order chi connectivity index (χ1) is 9.58. The van der Waals surface area contributed by atoms with Gasteiger partial charge < -0.3 is 4.90 Å². The summed E-state index contributed by atoms with van der Waals surface area (Å²) in [6.07, 6.45) is 9.65. The van der Waals surface area contributed by atoms with E-state index >= 15 is 0 Å². The van der Waals surface area contributed by atoms with Gasteiger partial charge in [0.2, 0.25) is 0 Å². The van der Waals surface area contributed by atoms with Gasteiger partial charge >= 0.3 is 0 Å². The lowest BCUT2D eigenvalue weighted by molar-refractivity contribution is 0.0434. The van der Waals surface area contributed by atoms with Crippen molar-refractivity contribution in [2.24, 2.45) is 11.8 Å². The summed E-state index contributed by atoms with van der Waals surface area (Å²) >= 11 is 0. The summed E-state index contributed by atoms with van der Waals surface area (Å²) in [6.45, 7) is 2.35. The van der Waals surface area contributed by atoms with E-state index < -0.39 is 0 Å². The third-order valence-electron chi connectivity index (χ3n) is 5.07. The van der Waals surface area contributed by atoms with Crippen LogP contribution in [0.4, 0.5) is 0 Å². The van der Waals surface area contributed by atoms with Crippen LogP contribution in [0.2, 0.25) is 0 Å². The number of nitrogens with zero attached hydrogens (tertiary/aromatic N) is 2. The quantitative estimate of drug-likeness (QED) is 0.638. The van der Waals surface area contributed by atoms with Crippen molar-refractivity contribution in [3.63, 3.8) is 0 Å². The molecule has 0 aliphatic heterocycles. The third-order valence-corrected chi connectivity index (χ3v) is 5.07. The van der Waals surface area contributed by atoms with E-state index in [0.29, 0.717) is 0 Å². The lowest BCUT2D eigenvalue weighted by Gasteiger charge is -2.49. The zero-order valence-corrected chi connectivity index (χ0v) is 13.0. The summed E-state index contributed by atoms with van der Waals surface area (Å²) in [6, 6.07) is 4.44. The van der Waals surface area contributed by atoms with Crippen LogP contribution in [0.3, 0.4) is 0 Å². The Hall–Kier alpha value is -0.970. The predicted molar refractivity (Wildman–Crippen MR) is 83.1 cm³/mol. The molecular weight excluding hydrogens is 248 g/mol. The first-order valence-electron chi connectivity index (χ1n) is 7.61. The van der Waals surface area contributed by atoms with Gasteiger partial charge in [0.1, 0.15) is 0 Å². The van der Waals surface area contributed by atoms with Crippen LogP contribution in [0.5, 0.6) is 0 Å². The zero-order chi connectivity index (χ0) is 14.6. The van der Waals surface area contributed by atoms with Crippen molar-refractivity contribution in [3.8, 4) is 0 Å². The van der Waals surface area contributed by atoms with Gasteiger partial charge in [0.15, 0.2) is 0 Å². The number of likely N-dealkylation sites (N-methyl/N-ethyl adjacent to an activating group) is 1. The lowest BCUT2D eigenvalue weighted by Crippen LogP contribution is -2.62. The first kappa shape index (κ1) is 15.4. The Morgan fingerprint density at radius 1 is 1.35 bits per heavy atom. The summed E-state index contributed by atoms with van der Waals surface area (Å²) in [7, 11) is 4.37. The molecule has 4 heteroatoms. The molecule has 1 aromatic heterocycles. The van der Waals surface area contributed by atoms with Gasteiger partial charge in [-0.25, -0.2) is 0 Å². The highest BCUT2D eigenvalue weighted by Gasteiger charge is 2.42. The summed E-state index contributed by atoms with van der Waals surface area (Å²) in [5.41, 5.74) is 4.55. The van der Waals surface area contributed by atoms with Gasteiger partial charge in [0.25, 0.3) is 0 Å². The third kappa shape index (κ3) is 3.19. The normalized spacial score (nSPS) is 28.6. The smallest absolute Gasteiger partial charge is 0.0434 e. The molecule has 3 N–H and O–H groups in total. The largest absolute Gasteiger partial charge is 0.302 e. The molecule has 1 aliphatic rings. The Balaban J connectivity index is 2.17. The van der Waals surface area contributed by atoms with Gasteiger partial charge in [0, 0.05) is 24.0 Å². The highest BCUT2D eigenvalue weighted by atomic mass is 15.3. The molecule has 1 fully saturated rings. The zero-order valence-electron chi connectivity index (χ0n) is 13.0. The molecule has 2 rings (SSSR count). The van der Waals surface area contributed by atoms with Crippen LogP contribution >= 0.6 is 0 Å². The van der Waals surface area contributed by atoms with Crippen LogP contribution in [-0.2, 0) is 6.42 Å². The maximum atomic E-state index is 5.92. The molecule has 4 nitrogen and oxygen atoms in total. The van der Waals surface area contributed by atoms with Crippen LogP contribution in [0.25, 0.3) is 0 Å². The second-order valence-electron chi connectivity index (χ2n) is 6.46. The fourth-order valence-electron chi connectivity index (χ4n) is 3.53. The Morgan fingerprint density at radius 2 is 1.95 bits per heavy atom. The van der Waals surface area contributed by atoms with E-state index in [-0.39, 0.29) is 11.6 Å². The molecule has 0 amide bonds. The Labute approximate surface area is 122 Å². The summed E-state index contributed by atoms with van der Waals surface area (Å²) in [5, 5.41) is 0. The van der Waals surface area contributed by atoms with E-state index in [0.717, 1.165) is 12.3 Å². The van der Waals surface area contributed by atoms with E-state index in [9.17, 15) is 0 Å². The minimum Gasteiger partial charge on any atom is -0.302 e. The first-order valence-corrected chi connectivity index (χ1v) is 7.61. The number of hydrogen-bond acceptors (Lipinski definition) is 4. The maximum Gasteiger partial charge on any atom is 0.0434 e. The fourth-order valence-corrected chi connectivity index (χ4v) is 3.53. The van der Waals surface area contributed by atoms with Crippen molar-refractivity contribution < 1.29 is 0 Å². The SMILES string of the molecule is CC1CCC(C(Cc2ccncc2)NN)(N(C)C)CC1. The molecule has 1 heterocycles. The number of pyridine rings is 1. The molecular formula is C16H28N4. The Kier molecular flexibility index (Phi) is 5.13. The molecule has 1 atom stereocenters. The molecule has 20 heavy (non-hydrogen) atoms. The van der Waals surface area contributed by atoms with E-state index in [4.69, 9.17) is 5.84 Å². The fraction of sp³-hybridized carbons (Fsp3) is 0.688. The van der Waals surface area contributed by atoms with Crippen LogP contribution in [0.1, 0.15) is 38.2 Å². The van der Waals surface area contributed by atoms with Crippen molar-refractivity contribution >= 4 is 0 Å². The number of nitrogens with two attached hydrogens (primary N) is 1. The average molecular weight is 276 g/mol. The number of aromatic nitrogens is 1. The Morgan fingerprint density at radius 3 is 2.45 bits per heavy atom. The highest BCUT2D eigenvalue weighted by Crippen LogP contribution is 2.38. The number of rotatable bonds is 5. The van der Waals surface area contributed by atoms with E-state index in [1.165, 1.54) is 31.2 Å². The van der Waals surface area contributed by atoms with E-state index in [1.807, 2.05) is 12.4 Å². The van der Waals surface area contributed by atoms with Crippen molar-refractivity contribution in [1.82, 2.24) is 15.3 Å². The molecule has 0 aromatic carbocycles. The molecule has 1 aromatic rings. The second-order valence-corrected chi connectivity index (χ2v) is 6.46. The van der Waals surface area contributed by atoms with Crippen molar-refractivity contribution in [3.05, 3.63) is 30.1 Å². The number of hydrogen-bond donors (Lipinski definition) is 2. The molecule has 0 spiro atoms. The summed E-state index contributed by atoms with van der Waals surface area (Å²) in [5.74, 6) is 6.75. The average Bonchev–Trinajstić information content (AvgIpc) is 2.47. The summed E-state index contributed by atoms with van der Waals surface area (Å²) in [4.78, 5) is 6.47. The molecule has 0 radical (unpaired) electrons. The molecule has 1 saturated carbocycles. The van der Waals surface area contributed by atoms with Crippen molar-refractivity contribution in [1.29, 1.82) is 0 Å². The molecule has 0 bridgehead atoms. The minimum atomic E-state index is 0.157. The van der Waals surface area contributed by atoms with Gasteiger partial charge in [-0.15, -0.1) is 0 Å². The van der Waals surface area contributed by atoms with Gasteiger partial charge in [-0.05, 0) is 69.8 Å². The standard InChI is InChI=1S/C16H28N4/c1-13-4-8-16(9-5-13,20(2)3)15(19-17)12-14-6-10-18-11-7-14/h6-7,10-11,13,15,19H,4-5,8-9,12,17H2,1-3H3. The van der Waals surface area contributed by atoms with Crippen molar-refractivity contribution in [2.75, 3.05) is 14.1 Å². The second kappa shape index (κ2) is 6.66. The topological polar surface area (TPSA) is 54.2 Å². The van der Waals surface area contributed by atoms with Crippen LogP contribution < -0.4 is 11.3 Å². The number of nitrogens with one attached hydrogen (secondary N) is 1. The number of hydrazine groups is 1. The molecule has 1 aliphatic carbocycles. The predicted octanol–water partition coefficient (Wildman–Crippen LogP) is 1.97. The van der Waals surface area contributed by atoms with Crippen molar-refractivity contribution in [2.45, 2.75) is 50.6 Å². The lowest BCUT2D eigenvalue weighted by atomic mass is 9.71. The summed E-state index contributed by atoms with van der Waals surface area (Å²) < 4.78 is 0. The Bertz CT molecular complexity index is 396. The molecule has 0 saturated heterocycles. The van der Waals surface area contributed by atoms with Gasteiger partial charge in [0.05, 0.1) is 0 Å².